The van der Waals surface area contributed by atoms with E-state index in [0.29, 0.717) is 5.92 Å². The molecule has 0 radical (unpaired) electrons. The lowest BCUT2D eigenvalue weighted by Crippen LogP contribution is -2.25. The fraction of sp³-hybridized carbons (Fsp3) is 0.667. The highest BCUT2D eigenvalue weighted by atomic mass is 35.5. The third-order valence-corrected chi connectivity index (χ3v) is 4.21. The average Bonchev–Trinajstić information content (AvgIpc) is 2.87. The summed E-state index contributed by atoms with van der Waals surface area (Å²) in [6, 6.07) is 4.05. The molecule has 16 heavy (non-hydrogen) atoms. The van der Waals surface area contributed by atoms with Gasteiger partial charge in [0.15, 0.2) is 0 Å². The summed E-state index contributed by atoms with van der Waals surface area (Å²) in [4.78, 5) is 1.27. The van der Waals surface area contributed by atoms with Gasteiger partial charge in [-0.25, -0.2) is 0 Å². The van der Waals surface area contributed by atoms with Crippen molar-refractivity contribution < 1.29 is 4.74 Å². The molecule has 1 aromatic heterocycles. The quantitative estimate of drug-likeness (QED) is 0.818. The molecular weight excluding hydrogens is 242 g/mol. The van der Waals surface area contributed by atoms with Crippen LogP contribution in [0.15, 0.2) is 12.1 Å². The summed E-state index contributed by atoms with van der Waals surface area (Å²) in [5.41, 5.74) is 0. The molecule has 0 aromatic carbocycles. The van der Waals surface area contributed by atoms with Crippen molar-refractivity contribution >= 4 is 22.9 Å². The summed E-state index contributed by atoms with van der Waals surface area (Å²) < 4.78 is 6.66. The highest BCUT2D eigenvalue weighted by molar-refractivity contribution is 7.16. The molecule has 4 heteroatoms. The van der Waals surface area contributed by atoms with Crippen molar-refractivity contribution in [3.05, 3.63) is 21.3 Å². The summed E-state index contributed by atoms with van der Waals surface area (Å²) >= 11 is 7.60. The SMILES string of the molecule is CCCNCC1CCOC1c1ccc(Cl)s1. The topological polar surface area (TPSA) is 21.3 Å². The summed E-state index contributed by atoms with van der Waals surface area (Å²) in [6.07, 6.45) is 2.59. The molecule has 2 atom stereocenters. The van der Waals surface area contributed by atoms with E-state index in [-0.39, 0.29) is 6.10 Å². The van der Waals surface area contributed by atoms with Gasteiger partial charge in [-0.05, 0) is 31.5 Å². The first-order chi connectivity index (χ1) is 7.81. The minimum absolute atomic E-state index is 0.252. The van der Waals surface area contributed by atoms with Gasteiger partial charge in [0.25, 0.3) is 0 Å². The van der Waals surface area contributed by atoms with Crippen LogP contribution in [0.25, 0.3) is 0 Å². The number of hydrogen-bond donors (Lipinski definition) is 1. The maximum absolute atomic E-state index is 5.96. The Bertz CT molecular complexity index is 329. The van der Waals surface area contributed by atoms with Crippen LogP contribution < -0.4 is 5.32 Å². The Kier molecular flexibility index (Phi) is 4.65. The maximum Gasteiger partial charge on any atom is 0.0958 e. The number of nitrogens with one attached hydrogen (secondary N) is 1. The third kappa shape index (κ3) is 2.98. The van der Waals surface area contributed by atoms with E-state index in [1.54, 1.807) is 11.3 Å². The fourth-order valence-electron chi connectivity index (χ4n) is 2.10. The number of ether oxygens (including phenoxy) is 1. The molecule has 1 N–H and O–H groups in total. The van der Waals surface area contributed by atoms with Crippen LogP contribution in [-0.2, 0) is 4.74 Å². The zero-order chi connectivity index (χ0) is 11.4. The highest BCUT2D eigenvalue weighted by Crippen LogP contribution is 2.38. The smallest absolute Gasteiger partial charge is 0.0958 e. The second-order valence-corrected chi connectivity index (χ2v) is 5.93. The van der Waals surface area contributed by atoms with E-state index in [0.717, 1.165) is 30.5 Å². The van der Waals surface area contributed by atoms with E-state index in [1.807, 2.05) is 6.07 Å². The van der Waals surface area contributed by atoms with Crippen molar-refractivity contribution in [2.45, 2.75) is 25.9 Å². The van der Waals surface area contributed by atoms with E-state index >= 15 is 0 Å². The largest absolute Gasteiger partial charge is 0.372 e. The van der Waals surface area contributed by atoms with Gasteiger partial charge >= 0.3 is 0 Å². The molecule has 0 aliphatic carbocycles. The Morgan fingerprint density at radius 3 is 3.12 bits per heavy atom. The number of thiophene rings is 1. The van der Waals surface area contributed by atoms with E-state index < -0.39 is 0 Å². The number of halogens is 1. The van der Waals surface area contributed by atoms with E-state index in [4.69, 9.17) is 16.3 Å². The minimum atomic E-state index is 0.252. The van der Waals surface area contributed by atoms with Gasteiger partial charge in [0, 0.05) is 23.9 Å². The van der Waals surface area contributed by atoms with Crippen molar-refractivity contribution in [1.29, 1.82) is 0 Å². The summed E-state index contributed by atoms with van der Waals surface area (Å²) in [7, 11) is 0. The molecular formula is C12H18ClNOS. The first-order valence-electron chi connectivity index (χ1n) is 5.89. The third-order valence-electron chi connectivity index (χ3n) is 2.92. The number of rotatable bonds is 5. The van der Waals surface area contributed by atoms with Gasteiger partial charge in [-0.3, -0.25) is 0 Å². The van der Waals surface area contributed by atoms with Crippen LogP contribution in [0.4, 0.5) is 0 Å². The van der Waals surface area contributed by atoms with Gasteiger partial charge in [-0.2, -0.15) is 0 Å². The maximum atomic E-state index is 5.96. The van der Waals surface area contributed by atoms with Crippen LogP contribution in [0.5, 0.6) is 0 Å². The standard InChI is InChI=1S/C12H18ClNOS/c1-2-6-14-8-9-5-7-15-12(9)10-3-4-11(13)16-10/h3-4,9,12,14H,2,5-8H2,1H3. The van der Waals surface area contributed by atoms with Crippen molar-refractivity contribution in [3.8, 4) is 0 Å². The van der Waals surface area contributed by atoms with Crippen molar-refractivity contribution in [3.63, 3.8) is 0 Å². The first-order valence-corrected chi connectivity index (χ1v) is 7.08. The molecule has 1 saturated heterocycles. The Hall–Kier alpha value is -0.0900. The molecule has 90 valence electrons. The Labute approximate surface area is 106 Å². The molecule has 0 amide bonds. The molecule has 1 aliphatic heterocycles. The van der Waals surface area contributed by atoms with Crippen molar-refractivity contribution in [2.24, 2.45) is 5.92 Å². The second-order valence-electron chi connectivity index (χ2n) is 4.19. The van der Waals surface area contributed by atoms with Crippen LogP contribution in [0.3, 0.4) is 0 Å². The molecule has 2 heterocycles. The zero-order valence-electron chi connectivity index (χ0n) is 9.54. The first kappa shape index (κ1) is 12.4. The molecule has 0 spiro atoms. The zero-order valence-corrected chi connectivity index (χ0v) is 11.1. The predicted octanol–water partition coefficient (Wildman–Crippen LogP) is 3.48. The van der Waals surface area contributed by atoms with Crippen LogP contribution in [0.1, 0.15) is 30.7 Å². The average molecular weight is 260 g/mol. The van der Waals surface area contributed by atoms with Gasteiger partial charge < -0.3 is 10.1 Å². The Morgan fingerprint density at radius 1 is 1.56 bits per heavy atom. The molecule has 0 saturated carbocycles. The lowest BCUT2D eigenvalue weighted by atomic mass is 10.0. The fourth-order valence-corrected chi connectivity index (χ4v) is 3.31. The van der Waals surface area contributed by atoms with Gasteiger partial charge in [-0.15, -0.1) is 11.3 Å². The normalized spacial score (nSPS) is 25.1. The number of hydrogen-bond acceptors (Lipinski definition) is 3. The molecule has 1 aromatic rings. The highest BCUT2D eigenvalue weighted by Gasteiger charge is 2.30. The van der Waals surface area contributed by atoms with Crippen LogP contribution >= 0.6 is 22.9 Å². The monoisotopic (exact) mass is 259 g/mol. The molecule has 0 bridgehead atoms. The summed E-state index contributed by atoms with van der Waals surface area (Å²) in [6.45, 7) is 5.20. The predicted molar refractivity (Wildman–Crippen MR) is 69.3 cm³/mol. The van der Waals surface area contributed by atoms with E-state index in [2.05, 4.69) is 18.3 Å². The summed E-state index contributed by atoms with van der Waals surface area (Å²) in [5, 5.41) is 3.48. The minimum Gasteiger partial charge on any atom is -0.372 e. The lowest BCUT2D eigenvalue weighted by Gasteiger charge is -2.17. The second kappa shape index (κ2) is 6.01. The van der Waals surface area contributed by atoms with Crippen molar-refractivity contribution in [2.75, 3.05) is 19.7 Å². The van der Waals surface area contributed by atoms with Gasteiger partial charge in [0.1, 0.15) is 0 Å². The van der Waals surface area contributed by atoms with Crippen LogP contribution in [0.2, 0.25) is 4.34 Å². The lowest BCUT2D eigenvalue weighted by molar-refractivity contribution is 0.0934. The van der Waals surface area contributed by atoms with E-state index in [1.165, 1.54) is 11.3 Å². The molecule has 2 nitrogen and oxygen atoms in total. The van der Waals surface area contributed by atoms with Gasteiger partial charge in [-0.1, -0.05) is 18.5 Å². The van der Waals surface area contributed by atoms with Crippen LogP contribution in [-0.4, -0.2) is 19.7 Å². The molecule has 1 aliphatic rings. The molecule has 2 unspecified atom stereocenters. The van der Waals surface area contributed by atoms with Crippen LogP contribution in [0, 0.1) is 5.92 Å². The van der Waals surface area contributed by atoms with E-state index in [9.17, 15) is 0 Å². The Balaban J connectivity index is 1.92. The van der Waals surface area contributed by atoms with Gasteiger partial charge in [0.2, 0.25) is 0 Å². The Morgan fingerprint density at radius 2 is 2.44 bits per heavy atom. The van der Waals surface area contributed by atoms with Crippen molar-refractivity contribution in [1.82, 2.24) is 5.32 Å². The van der Waals surface area contributed by atoms with Gasteiger partial charge in [0.05, 0.1) is 10.4 Å². The molecule has 1 fully saturated rings. The summed E-state index contributed by atoms with van der Waals surface area (Å²) in [5.74, 6) is 0.598. The molecule has 2 rings (SSSR count).